The lowest BCUT2D eigenvalue weighted by molar-refractivity contribution is -0.129. The molecule has 0 aliphatic carbocycles. The molecule has 2 aromatic rings. The third kappa shape index (κ3) is 4.15. The zero-order valence-electron chi connectivity index (χ0n) is 14.5. The number of hydrogen-bond acceptors (Lipinski definition) is 3. The van der Waals surface area contributed by atoms with Gasteiger partial charge in [0, 0.05) is 23.5 Å². The van der Waals surface area contributed by atoms with Gasteiger partial charge in [0.05, 0.1) is 14.2 Å². The Hall–Kier alpha value is -2.01. The van der Waals surface area contributed by atoms with E-state index in [0.29, 0.717) is 13.0 Å². The van der Waals surface area contributed by atoms with E-state index in [2.05, 4.69) is 28.1 Å². The van der Waals surface area contributed by atoms with Gasteiger partial charge in [-0.1, -0.05) is 34.1 Å². The van der Waals surface area contributed by atoms with Gasteiger partial charge in [0.25, 0.3) is 0 Å². The fourth-order valence-corrected chi connectivity index (χ4v) is 3.55. The maximum absolute atomic E-state index is 12.3. The molecule has 25 heavy (non-hydrogen) atoms. The van der Waals surface area contributed by atoms with Crippen LogP contribution in [0, 0.1) is 0 Å². The van der Waals surface area contributed by atoms with Crippen LogP contribution in [-0.2, 0) is 17.8 Å². The fraction of sp³-hybridized carbons (Fsp3) is 0.350. The monoisotopic (exact) mass is 403 g/mol. The minimum atomic E-state index is 0.217. The summed E-state index contributed by atoms with van der Waals surface area (Å²) in [6, 6.07) is 14.3. The van der Waals surface area contributed by atoms with Crippen LogP contribution < -0.4 is 9.47 Å². The molecule has 1 aliphatic rings. The number of rotatable bonds is 6. The van der Waals surface area contributed by atoms with E-state index in [1.54, 1.807) is 14.2 Å². The standard InChI is InChI=1S/C20H22BrNO3/c1-24-18-9-5-15(12-19(18)25-2)11-17-8-10-20(23)22(17)13-14-3-6-16(21)7-4-14/h3-7,9,12,17H,8,10-11,13H2,1-2H3. The number of amides is 1. The van der Waals surface area contributed by atoms with E-state index in [9.17, 15) is 4.79 Å². The highest BCUT2D eigenvalue weighted by Crippen LogP contribution is 2.30. The van der Waals surface area contributed by atoms with Crippen LogP contribution in [0.4, 0.5) is 0 Å². The van der Waals surface area contributed by atoms with Gasteiger partial charge < -0.3 is 14.4 Å². The first-order valence-electron chi connectivity index (χ1n) is 8.35. The number of hydrogen-bond donors (Lipinski definition) is 0. The van der Waals surface area contributed by atoms with Crippen LogP contribution in [0.2, 0.25) is 0 Å². The molecule has 1 amide bonds. The Balaban J connectivity index is 1.74. The third-order valence-electron chi connectivity index (χ3n) is 4.64. The first-order valence-corrected chi connectivity index (χ1v) is 9.15. The lowest BCUT2D eigenvalue weighted by Crippen LogP contribution is -2.33. The van der Waals surface area contributed by atoms with Crippen molar-refractivity contribution in [3.05, 3.63) is 58.1 Å². The average molecular weight is 404 g/mol. The molecule has 3 rings (SSSR count). The maximum Gasteiger partial charge on any atom is 0.223 e. The Labute approximate surface area is 156 Å². The molecule has 1 heterocycles. The summed E-state index contributed by atoms with van der Waals surface area (Å²) < 4.78 is 11.7. The van der Waals surface area contributed by atoms with Crippen LogP contribution >= 0.6 is 15.9 Å². The van der Waals surface area contributed by atoms with Crippen molar-refractivity contribution in [1.29, 1.82) is 0 Å². The van der Waals surface area contributed by atoms with E-state index in [0.717, 1.165) is 39.9 Å². The summed E-state index contributed by atoms with van der Waals surface area (Å²) in [5.74, 6) is 1.68. The van der Waals surface area contributed by atoms with Crippen molar-refractivity contribution in [3.8, 4) is 11.5 Å². The molecule has 1 atom stereocenters. The van der Waals surface area contributed by atoms with E-state index in [1.165, 1.54) is 0 Å². The smallest absolute Gasteiger partial charge is 0.223 e. The molecular formula is C20H22BrNO3. The number of methoxy groups -OCH3 is 2. The summed E-state index contributed by atoms with van der Waals surface area (Å²) >= 11 is 3.45. The number of ether oxygens (including phenoxy) is 2. The van der Waals surface area contributed by atoms with E-state index in [1.807, 2.05) is 35.2 Å². The molecule has 132 valence electrons. The van der Waals surface area contributed by atoms with E-state index in [4.69, 9.17) is 9.47 Å². The summed E-state index contributed by atoms with van der Waals surface area (Å²) in [7, 11) is 3.27. The molecule has 0 spiro atoms. The molecule has 0 bridgehead atoms. The Morgan fingerprint density at radius 3 is 2.40 bits per heavy atom. The van der Waals surface area contributed by atoms with Crippen molar-refractivity contribution in [3.63, 3.8) is 0 Å². The minimum absolute atomic E-state index is 0.217. The normalized spacial score (nSPS) is 17.0. The number of likely N-dealkylation sites (tertiary alicyclic amines) is 1. The molecule has 5 heteroatoms. The van der Waals surface area contributed by atoms with Crippen LogP contribution in [0.5, 0.6) is 11.5 Å². The van der Waals surface area contributed by atoms with Crippen LogP contribution in [0.1, 0.15) is 24.0 Å². The lowest BCUT2D eigenvalue weighted by Gasteiger charge is -2.25. The zero-order valence-corrected chi connectivity index (χ0v) is 16.1. The summed E-state index contributed by atoms with van der Waals surface area (Å²) in [5.41, 5.74) is 2.30. The Morgan fingerprint density at radius 1 is 1.04 bits per heavy atom. The Bertz CT molecular complexity index is 745. The van der Waals surface area contributed by atoms with Gasteiger partial charge in [-0.15, -0.1) is 0 Å². The number of nitrogens with zero attached hydrogens (tertiary/aromatic N) is 1. The summed E-state index contributed by atoms with van der Waals surface area (Å²) in [4.78, 5) is 14.3. The lowest BCUT2D eigenvalue weighted by atomic mass is 10.0. The second-order valence-electron chi connectivity index (χ2n) is 6.23. The number of benzene rings is 2. The third-order valence-corrected chi connectivity index (χ3v) is 5.17. The summed E-state index contributed by atoms with van der Waals surface area (Å²) in [5, 5.41) is 0. The van der Waals surface area contributed by atoms with Gasteiger partial charge in [0.1, 0.15) is 0 Å². The largest absolute Gasteiger partial charge is 0.493 e. The van der Waals surface area contributed by atoms with Gasteiger partial charge in [-0.25, -0.2) is 0 Å². The van der Waals surface area contributed by atoms with Crippen molar-refractivity contribution >= 4 is 21.8 Å². The second kappa shape index (κ2) is 7.91. The molecule has 0 N–H and O–H groups in total. The fourth-order valence-electron chi connectivity index (χ4n) is 3.29. The Kier molecular flexibility index (Phi) is 5.63. The highest BCUT2D eigenvalue weighted by Gasteiger charge is 2.31. The highest BCUT2D eigenvalue weighted by atomic mass is 79.9. The number of carbonyl (C=O) groups is 1. The molecule has 0 aromatic heterocycles. The topological polar surface area (TPSA) is 38.8 Å². The van der Waals surface area contributed by atoms with Gasteiger partial charge in [-0.05, 0) is 48.2 Å². The molecule has 1 fully saturated rings. The SMILES string of the molecule is COc1ccc(CC2CCC(=O)N2Cc2ccc(Br)cc2)cc1OC. The van der Waals surface area contributed by atoms with Crippen molar-refractivity contribution in [2.75, 3.05) is 14.2 Å². The quantitative estimate of drug-likeness (QED) is 0.725. The van der Waals surface area contributed by atoms with E-state index >= 15 is 0 Å². The zero-order chi connectivity index (χ0) is 17.8. The van der Waals surface area contributed by atoms with Gasteiger partial charge >= 0.3 is 0 Å². The molecule has 1 saturated heterocycles. The second-order valence-corrected chi connectivity index (χ2v) is 7.15. The van der Waals surface area contributed by atoms with Crippen LogP contribution in [-0.4, -0.2) is 31.1 Å². The molecule has 0 saturated carbocycles. The highest BCUT2D eigenvalue weighted by molar-refractivity contribution is 9.10. The van der Waals surface area contributed by atoms with Crippen LogP contribution in [0.3, 0.4) is 0 Å². The van der Waals surface area contributed by atoms with Crippen molar-refractivity contribution in [1.82, 2.24) is 4.90 Å². The van der Waals surface area contributed by atoms with Crippen molar-refractivity contribution in [2.45, 2.75) is 31.8 Å². The molecule has 2 aromatic carbocycles. The van der Waals surface area contributed by atoms with Crippen molar-refractivity contribution < 1.29 is 14.3 Å². The van der Waals surface area contributed by atoms with Gasteiger partial charge in [-0.3, -0.25) is 4.79 Å². The molecule has 4 nitrogen and oxygen atoms in total. The van der Waals surface area contributed by atoms with Gasteiger partial charge in [0.2, 0.25) is 5.91 Å². The van der Waals surface area contributed by atoms with E-state index in [-0.39, 0.29) is 11.9 Å². The van der Waals surface area contributed by atoms with Crippen LogP contribution in [0.15, 0.2) is 46.9 Å². The maximum atomic E-state index is 12.3. The molecular weight excluding hydrogens is 382 g/mol. The molecule has 0 radical (unpaired) electrons. The summed E-state index contributed by atoms with van der Waals surface area (Å²) in [6.45, 7) is 0.657. The number of carbonyl (C=O) groups excluding carboxylic acids is 1. The first-order chi connectivity index (χ1) is 12.1. The number of halogens is 1. The predicted octanol–water partition coefficient (Wildman–Crippen LogP) is 4.20. The minimum Gasteiger partial charge on any atom is -0.493 e. The predicted molar refractivity (Wildman–Crippen MR) is 101 cm³/mol. The Morgan fingerprint density at radius 2 is 1.72 bits per heavy atom. The first kappa shape index (κ1) is 17.8. The molecule has 1 unspecified atom stereocenters. The average Bonchev–Trinajstić information content (AvgIpc) is 2.96. The summed E-state index contributed by atoms with van der Waals surface area (Å²) in [6.07, 6.45) is 2.33. The van der Waals surface area contributed by atoms with Crippen LogP contribution in [0.25, 0.3) is 0 Å². The van der Waals surface area contributed by atoms with Gasteiger partial charge in [-0.2, -0.15) is 0 Å². The van der Waals surface area contributed by atoms with E-state index < -0.39 is 0 Å². The molecule has 1 aliphatic heterocycles. The van der Waals surface area contributed by atoms with Crippen molar-refractivity contribution in [2.24, 2.45) is 0 Å². The van der Waals surface area contributed by atoms with Gasteiger partial charge in [0.15, 0.2) is 11.5 Å².